The van der Waals surface area contributed by atoms with Crippen molar-refractivity contribution in [3.63, 3.8) is 0 Å². The predicted octanol–water partition coefficient (Wildman–Crippen LogP) is 2.98. The van der Waals surface area contributed by atoms with Crippen molar-refractivity contribution in [2.75, 3.05) is 0 Å². The lowest BCUT2D eigenvalue weighted by Crippen LogP contribution is -2.22. The minimum Gasteiger partial charge on any atom is -0.481 e. The van der Waals surface area contributed by atoms with Gasteiger partial charge in [-0.05, 0) is 31.9 Å². The normalized spacial score (nSPS) is 11.5. The van der Waals surface area contributed by atoms with Crippen LogP contribution in [0.5, 0.6) is 0 Å². The molecule has 0 aliphatic heterocycles. The van der Waals surface area contributed by atoms with Crippen molar-refractivity contribution in [1.29, 1.82) is 5.26 Å². The number of nitrogens with zero attached hydrogens (tertiary/aromatic N) is 1. The van der Waals surface area contributed by atoms with Crippen LogP contribution in [0, 0.1) is 17.2 Å². The molecule has 0 fully saturated rings. The summed E-state index contributed by atoms with van der Waals surface area (Å²) < 4.78 is 0. The third kappa shape index (κ3) is 5.49. The molecule has 116 valence electrons. The second-order valence-electron chi connectivity index (χ2n) is 5.21. The third-order valence-electron chi connectivity index (χ3n) is 3.47. The molecule has 22 heavy (non-hydrogen) atoms. The van der Waals surface area contributed by atoms with Gasteiger partial charge in [-0.1, -0.05) is 25.0 Å². The number of hydrogen-bond donors (Lipinski definition) is 1. The standard InChI is InChI=1S/C17H19NO4/c1-12(19)15(8-3-2-4-9-16(20)21)17(22)14-7-5-6-13(10-14)11-18/h5-7,10,15H,2-4,8-9H2,1H3,(H,20,21). The Balaban J connectivity index is 2.66. The molecular formula is C17H19NO4. The van der Waals surface area contributed by atoms with Crippen LogP contribution in [-0.4, -0.2) is 22.6 Å². The van der Waals surface area contributed by atoms with Gasteiger partial charge in [0.1, 0.15) is 5.78 Å². The summed E-state index contributed by atoms with van der Waals surface area (Å²) in [6.45, 7) is 1.38. The van der Waals surface area contributed by atoms with Gasteiger partial charge in [-0.25, -0.2) is 0 Å². The first-order chi connectivity index (χ1) is 10.5. The van der Waals surface area contributed by atoms with Crippen LogP contribution in [-0.2, 0) is 9.59 Å². The van der Waals surface area contributed by atoms with Crippen molar-refractivity contribution in [3.05, 3.63) is 35.4 Å². The van der Waals surface area contributed by atoms with Crippen molar-refractivity contribution in [2.24, 2.45) is 5.92 Å². The van der Waals surface area contributed by atoms with Gasteiger partial charge in [0.2, 0.25) is 0 Å². The van der Waals surface area contributed by atoms with Crippen molar-refractivity contribution < 1.29 is 19.5 Å². The Kier molecular flexibility index (Phi) is 6.97. The lowest BCUT2D eigenvalue weighted by atomic mass is 9.89. The Morgan fingerprint density at radius 3 is 2.55 bits per heavy atom. The average Bonchev–Trinajstić information content (AvgIpc) is 2.49. The van der Waals surface area contributed by atoms with E-state index in [2.05, 4.69) is 0 Å². The van der Waals surface area contributed by atoms with E-state index in [1.807, 2.05) is 6.07 Å². The molecule has 0 aromatic heterocycles. The summed E-state index contributed by atoms with van der Waals surface area (Å²) in [5.74, 6) is -2.04. The van der Waals surface area contributed by atoms with Crippen LogP contribution < -0.4 is 0 Å². The number of carboxylic acid groups (broad SMARTS) is 1. The SMILES string of the molecule is CC(=O)C(CCCCCC(=O)O)C(=O)c1cccc(C#N)c1. The fourth-order valence-corrected chi connectivity index (χ4v) is 2.26. The molecule has 0 amide bonds. The summed E-state index contributed by atoms with van der Waals surface area (Å²) in [7, 11) is 0. The lowest BCUT2D eigenvalue weighted by molar-refractivity contribution is -0.137. The summed E-state index contributed by atoms with van der Waals surface area (Å²) >= 11 is 0. The summed E-state index contributed by atoms with van der Waals surface area (Å²) in [5, 5.41) is 17.4. The van der Waals surface area contributed by atoms with Gasteiger partial charge in [0.05, 0.1) is 17.6 Å². The van der Waals surface area contributed by atoms with Gasteiger partial charge >= 0.3 is 5.97 Å². The number of nitriles is 1. The Labute approximate surface area is 129 Å². The monoisotopic (exact) mass is 301 g/mol. The van der Waals surface area contributed by atoms with Crippen LogP contribution >= 0.6 is 0 Å². The van der Waals surface area contributed by atoms with E-state index in [-0.39, 0.29) is 18.0 Å². The molecule has 0 aliphatic rings. The molecule has 0 radical (unpaired) electrons. The van der Waals surface area contributed by atoms with Crippen molar-refractivity contribution in [1.82, 2.24) is 0 Å². The number of aliphatic carboxylic acids is 1. The van der Waals surface area contributed by atoms with Gasteiger partial charge in [0, 0.05) is 12.0 Å². The van der Waals surface area contributed by atoms with Gasteiger partial charge in [-0.3, -0.25) is 14.4 Å². The Morgan fingerprint density at radius 2 is 1.95 bits per heavy atom. The van der Waals surface area contributed by atoms with Gasteiger partial charge in [0.25, 0.3) is 0 Å². The summed E-state index contributed by atoms with van der Waals surface area (Å²) in [6.07, 6.45) is 2.34. The number of rotatable bonds is 9. The maximum atomic E-state index is 12.4. The molecule has 0 saturated carbocycles. The van der Waals surface area contributed by atoms with E-state index >= 15 is 0 Å². The topological polar surface area (TPSA) is 95.2 Å². The summed E-state index contributed by atoms with van der Waals surface area (Å²) in [4.78, 5) is 34.5. The highest BCUT2D eigenvalue weighted by Crippen LogP contribution is 2.18. The number of hydrogen-bond acceptors (Lipinski definition) is 4. The van der Waals surface area contributed by atoms with E-state index in [9.17, 15) is 14.4 Å². The zero-order chi connectivity index (χ0) is 16.5. The molecule has 0 bridgehead atoms. The molecule has 0 spiro atoms. The number of carbonyl (C=O) groups is 3. The minimum atomic E-state index is -0.840. The largest absolute Gasteiger partial charge is 0.481 e. The molecule has 0 heterocycles. The van der Waals surface area contributed by atoms with Crippen molar-refractivity contribution in [3.8, 4) is 6.07 Å². The first kappa shape index (κ1) is 17.6. The molecule has 1 rings (SSSR count). The van der Waals surface area contributed by atoms with Gasteiger partial charge in [-0.15, -0.1) is 0 Å². The molecule has 0 aliphatic carbocycles. The third-order valence-corrected chi connectivity index (χ3v) is 3.47. The Bertz CT molecular complexity index is 601. The number of carboxylic acids is 1. The second-order valence-corrected chi connectivity index (χ2v) is 5.21. The molecule has 1 aromatic rings. The van der Waals surface area contributed by atoms with E-state index in [0.717, 1.165) is 0 Å². The first-order valence-electron chi connectivity index (χ1n) is 7.22. The zero-order valence-electron chi connectivity index (χ0n) is 12.5. The molecule has 1 unspecified atom stereocenters. The van der Waals surface area contributed by atoms with E-state index < -0.39 is 11.9 Å². The Morgan fingerprint density at radius 1 is 1.23 bits per heavy atom. The molecule has 1 aromatic carbocycles. The fraction of sp³-hybridized carbons (Fsp3) is 0.412. The predicted molar refractivity (Wildman–Crippen MR) is 80.4 cm³/mol. The lowest BCUT2D eigenvalue weighted by Gasteiger charge is -2.12. The number of carbonyl (C=O) groups excluding carboxylic acids is 2. The van der Waals surface area contributed by atoms with Crippen LogP contribution in [0.15, 0.2) is 24.3 Å². The molecule has 5 heteroatoms. The number of ketones is 2. The second kappa shape index (κ2) is 8.73. The van der Waals surface area contributed by atoms with Crippen LogP contribution in [0.2, 0.25) is 0 Å². The van der Waals surface area contributed by atoms with Gasteiger partial charge in [-0.2, -0.15) is 5.26 Å². The molecule has 1 atom stereocenters. The maximum Gasteiger partial charge on any atom is 0.303 e. The minimum absolute atomic E-state index is 0.100. The summed E-state index contributed by atoms with van der Waals surface area (Å²) in [5.41, 5.74) is 0.749. The summed E-state index contributed by atoms with van der Waals surface area (Å²) in [6, 6.07) is 8.28. The first-order valence-corrected chi connectivity index (χ1v) is 7.22. The quantitative estimate of drug-likeness (QED) is 0.430. The molecule has 5 nitrogen and oxygen atoms in total. The zero-order valence-corrected chi connectivity index (χ0v) is 12.5. The van der Waals surface area contributed by atoms with Crippen LogP contribution in [0.4, 0.5) is 0 Å². The van der Waals surface area contributed by atoms with E-state index in [0.29, 0.717) is 36.8 Å². The van der Waals surface area contributed by atoms with Crippen molar-refractivity contribution >= 4 is 17.5 Å². The smallest absolute Gasteiger partial charge is 0.303 e. The molecule has 0 saturated heterocycles. The number of unbranched alkanes of at least 4 members (excludes halogenated alkanes) is 2. The van der Waals surface area contributed by atoms with E-state index in [1.165, 1.54) is 13.0 Å². The maximum absolute atomic E-state index is 12.4. The van der Waals surface area contributed by atoms with Crippen LogP contribution in [0.1, 0.15) is 54.9 Å². The molecular weight excluding hydrogens is 282 g/mol. The van der Waals surface area contributed by atoms with Crippen LogP contribution in [0.3, 0.4) is 0 Å². The Hall–Kier alpha value is -2.48. The highest BCUT2D eigenvalue weighted by atomic mass is 16.4. The number of Topliss-reactive ketones (excluding diaryl/α,β-unsaturated/α-hetero) is 2. The highest BCUT2D eigenvalue weighted by molar-refractivity contribution is 6.10. The fourth-order valence-electron chi connectivity index (χ4n) is 2.26. The van der Waals surface area contributed by atoms with Crippen molar-refractivity contribution in [2.45, 2.75) is 39.0 Å². The van der Waals surface area contributed by atoms with E-state index in [4.69, 9.17) is 10.4 Å². The highest BCUT2D eigenvalue weighted by Gasteiger charge is 2.24. The number of benzene rings is 1. The molecule has 1 N–H and O–H groups in total. The van der Waals surface area contributed by atoms with Gasteiger partial charge in [0.15, 0.2) is 5.78 Å². The van der Waals surface area contributed by atoms with Crippen LogP contribution in [0.25, 0.3) is 0 Å². The van der Waals surface area contributed by atoms with E-state index in [1.54, 1.807) is 18.2 Å². The average molecular weight is 301 g/mol. The van der Waals surface area contributed by atoms with Gasteiger partial charge < -0.3 is 5.11 Å².